The number of carbonyl (C=O) groups excluding carboxylic acids is 1. The minimum atomic E-state index is -0.481. The smallest absolute Gasteiger partial charge is 0.341 e. The van der Waals surface area contributed by atoms with Crippen molar-refractivity contribution < 1.29 is 23.4 Å². The number of esters is 1. The van der Waals surface area contributed by atoms with Crippen molar-refractivity contribution in [1.29, 1.82) is 0 Å². The van der Waals surface area contributed by atoms with Crippen LogP contribution in [0.25, 0.3) is 16.5 Å². The summed E-state index contributed by atoms with van der Waals surface area (Å²) in [6.45, 7) is 0.221. The van der Waals surface area contributed by atoms with E-state index in [2.05, 4.69) is 0 Å². The summed E-state index contributed by atoms with van der Waals surface area (Å²) in [5.41, 5.74) is 3.03. The van der Waals surface area contributed by atoms with E-state index in [9.17, 15) is 9.59 Å². The first kappa shape index (κ1) is 30.6. The first-order chi connectivity index (χ1) is 20.6. The highest BCUT2D eigenvalue weighted by atomic mass is 32.2. The van der Waals surface area contributed by atoms with Crippen molar-refractivity contribution in [3.8, 4) is 5.75 Å². The number of ether oxygens (including phenoxy) is 3. The third-order valence-corrected chi connectivity index (χ3v) is 11.4. The van der Waals surface area contributed by atoms with E-state index >= 15 is 0 Å². The Hall–Kier alpha value is -2.84. The SMILES string of the molecule is CO/C=C(/C(=O)OC)c1ccccc1COc1ccc2ccc(=O)oc2c1C(SC1CCCCC1)SC1CCCCC1. The van der Waals surface area contributed by atoms with Crippen LogP contribution in [0.1, 0.15) is 85.5 Å². The van der Waals surface area contributed by atoms with Crippen LogP contribution in [0.2, 0.25) is 0 Å². The third kappa shape index (κ3) is 7.56. The molecular weight excluding hydrogens is 569 g/mol. The lowest BCUT2D eigenvalue weighted by Gasteiger charge is -2.31. The van der Waals surface area contributed by atoms with Crippen LogP contribution in [-0.2, 0) is 20.9 Å². The summed E-state index contributed by atoms with van der Waals surface area (Å²) in [5.74, 6) is 0.226. The van der Waals surface area contributed by atoms with Gasteiger partial charge in [0.2, 0.25) is 0 Å². The zero-order chi connectivity index (χ0) is 29.3. The van der Waals surface area contributed by atoms with Gasteiger partial charge in [0, 0.05) is 22.0 Å². The van der Waals surface area contributed by atoms with E-state index in [1.807, 2.05) is 66.0 Å². The molecule has 1 heterocycles. The molecule has 1 aromatic heterocycles. The number of fused-ring (bicyclic) bond motifs is 1. The molecule has 0 N–H and O–H groups in total. The number of rotatable bonds is 11. The molecule has 0 amide bonds. The molecule has 2 aliphatic rings. The molecule has 2 aromatic carbocycles. The van der Waals surface area contributed by atoms with Crippen LogP contribution in [0.5, 0.6) is 5.75 Å². The van der Waals surface area contributed by atoms with Crippen molar-refractivity contribution in [1.82, 2.24) is 0 Å². The van der Waals surface area contributed by atoms with E-state index in [1.54, 1.807) is 0 Å². The number of hydrogen-bond acceptors (Lipinski definition) is 8. The van der Waals surface area contributed by atoms with Crippen LogP contribution in [0.3, 0.4) is 0 Å². The highest BCUT2D eigenvalue weighted by Crippen LogP contribution is 2.53. The van der Waals surface area contributed by atoms with E-state index in [1.165, 1.54) is 90.8 Å². The lowest BCUT2D eigenvalue weighted by Crippen LogP contribution is -2.15. The van der Waals surface area contributed by atoms with Gasteiger partial charge in [0.15, 0.2) is 0 Å². The van der Waals surface area contributed by atoms with Gasteiger partial charge < -0.3 is 18.6 Å². The van der Waals surface area contributed by atoms with Crippen LogP contribution in [0.15, 0.2) is 64.0 Å². The quantitative estimate of drug-likeness (QED) is 0.0704. The minimum Gasteiger partial charge on any atom is -0.503 e. The predicted octanol–water partition coefficient (Wildman–Crippen LogP) is 8.66. The highest BCUT2D eigenvalue weighted by molar-refractivity contribution is 8.16. The van der Waals surface area contributed by atoms with Gasteiger partial charge in [-0.2, -0.15) is 0 Å². The summed E-state index contributed by atoms with van der Waals surface area (Å²) in [4.78, 5) is 25.1. The Morgan fingerprint density at radius 2 is 1.55 bits per heavy atom. The Labute approximate surface area is 256 Å². The van der Waals surface area contributed by atoms with E-state index in [0.717, 1.165) is 16.5 Å². The fourth-order valence-electron chi connectivity index (χ4n) is 5.92. The van der Waals surface area contributed by atoms with Gasteiger partial charge in [-0.25, -0.2) is 9.59 Å². The maximum atomic E-state index is 12.6. The first-order valence-electron chi connectivity index (χ1n) is 15.0. The highest BCUT2D eigenvalue weighted by Gasteiger charge is 2.30. The average Bonchev–Trinajstić information content (AvgIpc) is 3.03. The van der Waals surface area contributed by atoms with E-state index in [0.29, 0.717) is 33.0 Å². The van der Waals surface area contributed by atoms with Gasteiger partial charge in [-0.15, -0.1) is 23.5 Å². The zero-order valence-corrected chi connectivity index (χ0v) is 26.1. The predicted molar refractivity (Wildman–Crippen MR) is 172 cm³/mol. The average molecular weight is 609 g/mol. The Bertz CT molecular complexity index is 1420. The topological polar surface area (TPSA) is 75.0 Å². The number of thioether (sulfide) groups is 2. The summed E-state index contributed by atoms with van der Waals surface area (Å²) < 4.78 is 22.8. The minimum absolute atomic E-state index is 0.0784. The van der Waals surface area contributed by atoms with Gasteiger partial charge in [0.1, 0.15) is 23.5 Å². The molecule has 2 aliphatic carbocycles. The van der Waals surface area contributed by atoms with Gasteiger partial charge in [-0.1, -0.05) is 62.8 Å². The summed E-state index contributed by atoms with van der Waals surface area (Å²) in [5, 5.41) is 2.04. The van der Waals surface area contributed by atoms with Crippen molar-refractivity contribution in [2.24, 2.45) is 0 Å². The molecule has 224 valence electrons. The van der Waals surface area contributed by atoms with Crippen molar-refractivity contribution >= 4 is 46.0 Å². The Balaban J connectivity index is 1.54. The van der Waals surface area contributed by atoms with Crippen LogP contribution in [-0.4, -0.2) is 30.7 Å². The molecule has 8 heteroatoms. The molecular formula is C34H40O6S2. The lowest BCUT2D eigenvalue weighted by atomic mass is 10.0. The van der Waals surface area contributed by atoms with E-state index in [-0.39, 0.29) is 16.8 Å². The van der Waals surface area contributed by atoms with E-state index < -0.39 is 5.97 Å². The van der Waals surface area contributed by atoms with Crippen LogP contribution >= 0.6 is 23.5 Å². The monoisotopic (exact) mass is 608 g/mol. The standard InChI is InChI=1S/C34H40O6S2/c1-37-22-28(33(36)38-2)27-16-10-9-11-24(27)21-39-29-19-17-23-18-20-30(35)40-32(23)31(29)34(41-25-12-5-3-6-13-25)42-26-14-7-4-8-15-26/h9-11,16-20,22,25-26,34H,3-8,12-15,21H2,1-2H3/b28-22+. The summed E-state index contributed by atoms with van der Waals surface area (Å²) in [7, 11) is 2.86. The van der Waals surface area contributed by atoms with Crippen molar-refractivity contribution in [3.63, 3.8) is 0 Å². The maximum Gasteiger partial charge on any atom is 0.341 e. The molecule has 0 radical (unpaired) electrons. The molecule has 5 rings (SSSR count). The number of benzene rings is 2. The van der Waals surface area contributed by atoms with Crippen molar-refractivity contribution in [2.75, 3.05) is 14.2 Å². The first-order valence-corrected chi connectivity index (χ1v) is 16.9. The molecule has 0 saturated heterocycles. The zero-order valence-electron chi connectivity index (χ0n) is 24.5. The number of hydrogen-bond donors (Lipinski definition) is 0. The van der Waals surface area contributed by atoms with Gasteiger partial charge in [0.25, 0.3) is 0 Å². The molecule has 0 bridgehead atoms. The van der Waals surface area contributed by atoms with Crippen LogP contribution in [0.4, 0.5) is 0 Å². The second-order valence-electron chi connectivity index (χ2n) is 11.0. The van der Waals surface area contributed by atoms with Gasteiger partial charge >= 0.3 is 11.6 Å². The Morgan fingerprint density at radius 3 is 2.19 bits per heavy atom. The third-order valence-electron chi connectivity index (χ3n) is 8.09. The molecule has 3 aromatic rings. The summed E-state index contributed by atoms with van der Waals surface area (Å²) >= 11 is 4.05. The summed E-state index contributed by atoms with van der Waals surface area (Å²) in [6.07, 6.45) is 13.9. The fraction of sp³-hybridized carbons (Fsp3) is 0.471. The lowest BCUT2D eigenvalue weighted by molar-refractivity contribution is -0.133. The summed E-state index contributed by atoms with van der Waals surface area (Å²) in [6, 6.07) is 14.9. The normalized spacial score (nSPS) is 17.0. The van der Waals surface area contributed by atoms with Gasteiger partial charge in [-0.3, -0.25) is 0 Å². The number of methoxy groups -OCH3 is 2. The Morgan fingerprint density at radius 1 is 0.905 bits per heavy atom. The molecule has 0 atom stereocenters. The Kier molecular flexibility index (Phi) is 11.0. The molecule has 0 aliphatic heterocycles. The second-order valence-corrected chi connectivity index (χ2v) is 14.1. The van der Waals surface area contributed by atoms with Gasteiger partial charge in [0.05, 0.1) is 30.6 Å². The van der Waals surface area contributed by atoms with Crippen molar-refractivity contribution in [3.05, 3.63) is 81.9 Å². The fourth-order valence-corrected chi connectivity index (χ4v) is 9.75. The van der Waals surface area contributed by atoms with Crippen molar-refractivity contribution in [2.45, 2.75) is 85.9 Å². The number of carbonyl (C=O) groups is 1. The molecule has 0 spiro atoms. The molecule has 2 saturated carbocycles. The van der Waals surface area contributed by atoms with Gasteiger partial charge in [-0.05, 0) is 55.0 Å². The largest absolute Gasteiger partial charge is 0.503 e. The molecule has 42 heavy (non-hydrogen) atoms. The van der Waals surface area contributed by atoms with E-state index in [4.69, 9.17) is 18.6 Å². The van der Waals surface area contributed by atoms with Crippen LogP contribution < -0.4 is 10.4 Å². The molecule has 6 nitrogen and oxygen atoms in total. The van der Waals surface area contributed by atoms with Crippen LogP contribution in [0, 0.1) is 0 Å². The molecule has 0 unspecified atom stereocenters. The second kappa shape index (κ2) is 15.1. The maximum absolute atomic E-state index is 12.6. The molecule has 2 fully saturated rings.